The number of rotatable bonds is 7. The van der Waals surface area contributed by atoms with Crippen molar-refractivity contribution in [1.29, 1.82) is 0 Å². The van der Waals surface area contributed by atoms with Crippen LogP contribution >= 0.6 is 0 Å². The molecule has 2 nitrogen and oxygen atoms in total. The Balaban J connectivity index is 1.89. The first-order valence-electron chi connectivity index (χ1n) is 6.04. The van der Waals surface area contributed by atoms with Gasteiger partial charge in [0.1, 0.15) is 0 Å². The van der Waals surface area contributed by atoms with Gasteiger partial charge in [0.25, 0.3) is 0 Å². The van der Waals surface area contributed by atoms with E-state index in [0.717, 1.165) is 25.4 Å². The first-order valence-corrected chi connectivity index (χ1v) is 6.04. The predicted octanol–water partition coefficient (Wildman–Crippen LogP) is 2.58. The van der Waals surface area contributed by atoms with E-state index >= 15 is 0 Å². The lowest BCUT2D eigenvalue weighted by Crippen LogP contribution is -2.29. The topological polar surface area (TPSA) is 21.3 Å². The lowest BCUT2D eigenvalue weighted by Gasteiger charge is -2.29. The van der Waals surface area contributed by atoms with Gasteiger partial charge in [-0.2, -0.15) is 0 Å². The van der Waals surface area contributed by atoms with Gasteiger partial charge in [0, 0.05) is 0 Å². The lowest BCUT2D eigenvalue weighted by molar-refractivity contribution is -0.0455. The first-order chi connectivity index (χ1) is 6.68. The Morgan fingerprint density at radius 3 is 2.50 bits per heavy atom. The summed E-state index contributed by atoms with van der Waals surface area (Å²) in [4.78, 5) is 0. The van der Waals surface area contributed by atoms with Gasteiger partial charge in [-0.25, -0.2) is 0 Å². The van der Waals surface area contributed by atoms with Crippen LogP contribution in [-0.2, 0) is 4.74 Å². The van der Waals surface area contributed by atoms with Crippen LogP contribution in [0.25, 0.3) is 0 Å². The fourth-order valence-electron chi connectivity index (χ4n) is 1.60. The van der Waals surface area contributed by atoms with E-state index in [9.17, 15) is 0 Å². The molecule has 0 spiro atoms. The number of hydrogen-bond donors (Lipinski definition) is 1. The van der Waals surface area contributed by atoms with Crippen molar-refractivity contribution in [2.24, 2.45) is 5.92 Å². The summed E-state index contributed by atoms with van der Waals surface area (Å²) in [5, 5.41) is 3.45. The number of nitrogens with one attached hydrogen (secondary N) is 1. The third kappa shape index (κ3) is 4.97. The number of ether oxygens (including phenoxy) is 1. The summed E-state index contributed by atoms with van der Waals surface area (Å²) in [6.45, 7) is 8.88. The Morgan fingerprint density at radius 2 is 2.00 bits per heavy atom. The molecule has 1 saturated carbocycles. The van der Waals surface area contributed by atoms with Crippen LogP contribution in [0.2, 0.25) is 0 Å². The van der Waals surface area contributed by atoms with E-state index in [-0.39, 0.29) is 0 Å². The molecule has 1 fully saturated rings. The van der Waals surface area contributed by atoms with E-state index < -0.39 is 0 Å². The first kappa shape index (κ1) is 12.0. The highest BCUT2D eigenvalue weighted by Crippen LogP contribution is 2.23. The zero-order chi connectivity index (χ0) is 10.4. The van der Waals surface area contributed by atoms with Gasteiger partial charge in [-0.15, -0.1) is 0 Å². The molecule has 1 aliphatic carbocycles. The molecule has 0 aromatic rings. The van der Waals surface area contributed by atoms with Crippen molar-refractivity contribution in [3.8, 4) is 0 Å². The molecule has 0 heterocycles. The molecule has 0 aromatic heterocycles. The molecule has 0 radical (unpaired) electrons. The van der Waals surface area contributed by atoms with Crippen molar-refractivity contribution in [1.82, 2.24) is 5.32 Å². The van der Waals surface area contributed by atoms with E-state index in [1.807, 2.05) is 0 Å². The van der Waals surface area contributed by atoms with Crippen LogP contribution in [0.3, 0.4) is 0 Å². The second-order valence-corrected chi connectivity index (χ2v) is 4.89. The molecular weight excluding hydrogens is 174 g/mol. The Kier molecular flexibility index (Phi) is 5.49. The molecule has 14 heavy (non-hydrogen) atoms. The van der Waals surface area contributed by atoms with Gasteiger partial charge in [0.2, 0.25) is 0 Å². The van der Waals surface area contributed by atoms with Gasteiger partial charge in [-0.05, 0) is 51.6 Å². The van der Waals surface area contributed by atoms with Gasteiger partial charge in [-0.1, -0.05) is 13.8 Å². The third-order valence-corrected chi connectivity index (χ3v) is 2.76. The fraction of sp³-hybridized carbons (Fsp3) is 1.00. The second-order valence-electron chi connectivity index (χ2n) is 4.89. The number of hydrogen-bond acceptors (Lipinski definition) is 2. The molecular formula is C12H25NO. The summed E-state index contributed by atoms with van der Waals surface area (Å²) in [5.41, 5.74) is 0. The minimum Gasteiger partial charge on any atom is -0.375 e. The smallest absolute Gasteiger partial charge is 0.0578 e. The van der Waals surface area contributed by atoms with Crippen LogP contribution in [0.5, 0.6) is 0 Å². The van der Waals surface area contributed by atoms with Gasteiger partial charge in [0.05, 0.1) is 12.2 Å². The van der Waals surface area contributed by atoms with Gasteiger partial charge in [0.15, 0.2) is 0 Å². The molecule has 0 saturated heterocycles. The molecule has 1 rings (SSSR count). The van der Waals surface area contributed by atoms with E-state index in [4.69, 9.17) is 4.74 Å². The summed E-state index contributed by atoms with van der Waals surface area (Å²) in [7, 11) is 0. The summed E-state index contributed by atoms with van der Waals surface area (Å²) in [6, 6.07) is 0. The van der Waals surface area contributed by atoms with E-state index in [0.29, 0.717) is 12.2 Å². The minimum atomic E-state index is 0.431. The molecule has 2 heteroatoms. The highest BCUT2D eigenvalue weighted by atomic mass is 16.5. The Bertz CT molecular complexity index is 143. The molecule has 0 amide bonds. The van der Waals surface area contributed by atoms with Crippen molar-refractivity contribution < 1.29 is 4.74 Å². The Hall–Kier alpha value is -0.0800. The molecule has 1 unspecified atom stereocenters. The molecule has 0 bridgehead atoms. The van der Waals surface area contributed by atoms with Crippen molar-refractivity contribution in [3.05, 3.63) is 0 Å². The predicted molar refractivity (Wildman–Crippen MR) is 60.5 cm³/mol. The van der Waals surface area contributed by atoms with E-state index in [1.165, 1.54) is 19.3 Å². The largest absolute Gasteiger partial charge is 0.375 e. The maximum atomic E-state index is 5.85. The van der Waals surface area contributed by atoms with Crippen molar-refractivity contribution >= 4 is 0 Å². The van der Waals surface area contributed by atoms with Crippen molar-refractivity contribution in [3.63, 3.8) is 0 Å². The third-order valence-electron chi connectivity index (χ3n) is 2.76. The van der Waals surface area contributed by atoms with Crippen LogP contribution in [0.15, 0.2) is 0 Å². The van der Waals surface area contributed by atoms with Crippen LogP contribution in [0.4, 0.5) is 0 Å². The summed E-state index contributed by atoms with van der Waals surface area (Å²) in [5.74, 6) is 0.748. The second kappa shape index (κ2) is 6.41. The van der Waals surface area contributed by atoms with Crippen LogP contribution in [0.1, 0.15) is 46.5 Å². The SMILES string of the molecule is CC(C)CNCCC(C)OC1CCC1. The average molecular weight is 199 g/mol. The Morgan fingerprint density at radius 1 is 1.29 bits per heavy atom. The van der Waals surface area contributed by atoms with E-state index in [1.54, 1.807) is 0 Å². The summed E-state index contributed by atoms with van der Waals surface area (Å²) >= 11 is 0. The fourth-order valence-corrected chi connectivity index (χ4v) is 1.60. The monoisotopic (exact) mass is 199 g/mol. The Labute approximate surface area is 88.4 Å². The standard InChI is InChI=1S/C12H25NO/c1-10(2)9-13-8-7-11(3)14-12-5-4-6-12/h10-13H,4-9H2,1-3H3. The molecule has 1 aliphatic rings. The van der Waals surface area contributed by atoms with Crippen LogP contribution < -0.4 is 5.32 Å². The van der Waals surface area contributed by atoms with E-state index in [2.05, 4.69) is 26.1 Å². The molecule has 1 atom stereocenters. The summed E-state index contributed by atoms with van der Waals surface area (Å²) in [6.07, 6.45) is 6.08. The van der Waals surface area contributed by atoms with Gasteiger partial charge >= 0.3 is 0 Å². The zero-order valence-corrected chi connectivity index (χ0v) is 9.88. The van der Waals surface area contributed by atoms with Crippen LogP contribution in [0, 0.1) is 5.92 Å². The lowest BCUT2D eigenvalue weighted by atomic mass is 9.96. The molecule has 0 aromatic carbocycles. The highest BCUT2D eigenvalue weighted by Gasteiger charge is 2.19. The van der Waals surface area contributed by atoms with Crippen molar-refractivity contribution in [2.45, 2.75) is 58.7 Å². The molecule has 0 aliphatic heterocycles. The van der Waals surface area contributed by atoms with Gasteiger partial charge in [-0.3, -0.25) is 0 Å². The maximum Gasteiger partial charge on any atom is 0.0578 e. The zero-order valence-electron chi connectivity index (χ0n) is 9.88. The summed E-state index contributed by atoms with van der Waals surface area (Å²) < 4.78 is 5.85. The average Bonchev–Trinajstić information content (AvgIpc) is 2.05. The molecule has 1 N–H and O–H groups in total. The molecule has 84 valence electrons. The highest BCUT2D eigenvalue weighted by molar-refractivity contribution is 4.71. The maximum absolute atomic E-state index is 5.85. The van der Waals surface area contributed by atoms with Crippen molar-refractivity contribution in [2.75, 3.05) is 13.1 Å². The quantitative estimate of drug-likeness (QED) is 0.636. The van der Waals surface area contributed by atoms with Gasteiger partial charge < -0.3 is 10.1 Å². The normalized spacial score (nSPS) is 19.7. The van der Waals surface area contributed by atoms with Crippen LogP contribution in [-0.4, -0.2) is 25.3 Å². The minimum absolute atomic E-state index is 0.431.